The maximum Gasteiger partial charge on any atom is 0.129 e. The van der Waals surface area contributed by atoms with Gasteiger partial charge in [-0.15, -0.1) is 0 Å². The van der Waals surface area contributed by atoms with Gasteiger partial charge < -0.3 is 10.8 Å². The van der Waals surface area contributed by atoms with Crippen molar-refractivity contribution >= 4 is 11.6 Å². The number of halogens is 2. The molecule has 0 fully saturated rings. The van der Waals surface area contributed by atoms with Gasteiger partial charge in [0, 0.05) is 16.6 Å². The van der Waals surface area contributed by atoms with Gasteiger partial charge in [-0.05, 0) is 31.5 Å². The highest BCUT2D eigenvalue weighted by atomic mass is 35.5. The molecule has 0 heterocycles. The molecule has 2 unspecified atom stereocenters. The highest BCUT2D eigenvalue weighted by molar-refractivity contribution is 6.31. The van der Waals surface area contributed by atoms with Gasteiger partial charge in [-0.2, -0.15) is 0 Å². The van der Waals surface area contributed by atoms with Gasteiger partial charge in [0.1, 0.15) is 5.82 Å². The zero-order valence-corrected chi connectivity index (χ0v) is 8.85. The van der Waals surface area contributed by atoms with Gasteiger partial charge in [-0.1, -0.05) is 11.6 Å². The third kappa shape index (κ3) is 2.23. The molecule has 1 aromatic rings. The minimum atomic E-state index is -1.02. The minimum absolute atomic E-state index is 0.149. The molecule has 78 valence electrons. The molecule has 2 atom stereocenters. The number of hydrogen-bond donors (Lipinski definition) is 2. The van der Waals surface area contributed by atoms with Gasteiger partial charge in [-0.25, -0.2) is 4.39 Å². The van der Waals surface area contributed by atoms with Crippen LogP contribution in [0.25, 0.3) is 0 Å². The number of aliphatic hydroxyl groups excluding tert-OH is 1. The van der Waals surface area contributed by atoms with Crippen LogP contribution in [0.5, 0.6) is 0 Å². The number of benzene rings is 1. The molecule has 3 N–H and O–H groups in total. The van der Waals surface area contributed by atoms with Crippen molar-refractivity contribution in [2.75, 3.05) is 0 Å². The van der Waals surface area contributed by atoms with E-state index < -0.39 is 18.0 Å². The first-order chi connectivity index (χ1) is 6.43. The predicted octanol–water partition coefficient (Wildman–Crippen LogP) is 2.17. The van der Waals surface area contributed by atoms with E-state index in [2.05, 4.69) is 0 Å². The second kappa shape index (κ2) is 4.26. The molecule has 0 aliphatic carbocycles. The molecule has 0 aliphatic heterocycles. The van der Waals surface area contributed by atoms with Gasteiger partial charge >= 0.3 is 0 Å². The van der Waals surface area contributed by atoms with Gasteiger partial charge in [0.2, 0.25) is 0 Å². The molecule has 2 nitrogen and oxygen atoms in total. The maximum atomic E-state index is 13.4. The van der Waals surface area contributed by atoms with Crippen molar-refractivity contribution in [1.29, 1.82) is 0 Å². The Bertz CT molecular complexity index is 341. The van der Waals surface area contributed by atoms with E-state index >= 15 is 0 Å². The van der Waals surface area contributed by atoms with Crippen molar-refractivity contribution in [3.05, 3.63) is 34.1 Å². The van der Waals surface area contributed by atoms with Crippen LogP contribution < -0.4 is 5.73 Å². The van der Waals surface area contributed by atoms with E-state index in [-0.39, 0.29) is 5.56 Å². The molecule has 0 amide bonds. The first-order valence-corrected chi connectivity index (χ1v) is 4.70. The molecule has 0 spiro atoms. The van der Waals surface area contributed by atoms with Crippen LogP contribution in [0, 0.1) is 12.7 Å². The smallest absolute Gasteiger partial charge is 0.129 e. The fourth-order valence-electron chi connectivity index (χ4n) is 1.17. The van der Waals surface area contributed by atoms with Crippen molar-refractivity contribution in [1.82, 2.24) is 0 Å². The Labute approximate surface area is 87.5 Å². The topological polar surface area (TPSA) is 46.2 Å². The molecule has 0 saturated heterocycles. The quantitative estimate of drug-likeness (QED) is 0.798. The van der Waals surface area contributed by atoms with Crippen LogP contribution >= 0.6 is 11.6 Å². The Hall–Kier alpha value is -0.640. The Morgan fingerprint density at radius 2 is 2.07 bits per heavy atom. The molecule has 1 aromatic carbocycles. The van der Waals surface area contributed by atoms with Gasteiger partial charge in [0.05, 0.1) is 6.10 Å². The van der Waals surface area contributed by atoms with Crippen LogP contribution in [0.15, 0.2) is 12.1 Å². The van der Waals surface area contributed by atoms with Crippen molar-refractivity contribution in [2.24, 2.45) is 5.73 Å². The number of aryl methyl sites for hydroxylation is 1. The molecule has 1 rings (SSSR count). The van der Waals surface area contributed by atoms with Crippen LogP contribution in [0.3, 0.4) is 0 Å². The lowest BCUT2D eigenvalue weighted by atomic mass is 10.0. The first-order valence-electron chi connectivity index (χ1n) is 4.32. The average Bonchev–Trinajstić information content (AvgIpc) is 2.10. The van der Waals surface area contributed by atoms with E-state index in [1.165, 1.54) is 12.1 Å². The van der Waals surface area contributed by atoms with E-state index in [1.54, 1.807) is 13.8 Å². The van der Waals surface area contributed by atoms with Crippen LogP contribution in [0.1, 0.15) is 24.2 Å². The fraction of sp³-hybridized carbons (Fsp3) is 0.400. The summed E-state index contributed by atoms with van der Waals surface area (Å²) in [5.74, 6) is -0.475. The van der Waals surface area contributed by atoms with Crippen LogP contribution in [0.2, 0.25) is 5.02 Å². The zero-order chi connectivity index (χ0) is 10.9. The monoisotopic (exact) mass is 217 g/mol. The van der Waals surface area contributed by atoms with Gasteiger partial charge in [0.15, 0.2) is 0 Å². The molecule has 0 aromatic heterocycles. The lowest BCUT2D eigenvalue weighted by molar-refractivity contribution is 0.149. The third-order valence-corrected chi connectivity index (χ3v) is 2.50. The molecule has 4 heteroatoms. The molecule has 14 heavy (non-hydrogen) atoms. The van der Waals surface area contributed by atoms with Crippen LogP contribution in [0.4, 0.5) is 4.39 Å². The maximum absolute atomic E-state index is 13.4. The predicted molar refractivity (Wildman–Crippen MR) is 54.8 cm³/mol. The van der Waals surface area contributed by atoms with Crippen molar-refractivity contribution in [2.45, 2.75) is 26.0 Å². The minimum Gasteiger partial charge on any atom is -0.387 e. The second-order valence-electron chi connectivity index (χ2n) is 3.43. The summed E-state index contributed by atoms with van der Waals surface area (Å²) < 4.78 is 13.4. The number of aliphatic hydroxyl groups is 1. The summed E-state index contributed by atoms with van der Waals surface area (Å²) in [6.07, 6.45) is -1.02. The summed E-state index contributed by atoms with van der Waals surface area (Å²) in [5.41, 5.74) is 6.26. The van der Waals surface area contributed by atoms with E-state index in [9.17, 15) is 9.50 Å². The van der Waals surface area contributed by atoms with Crippen molar-refractivity contribution in [3.63, 3.8) is 0 Å². The van der Waals surface area contributed by atoms with Crippen molar-refractivity contribution in [3.8, 4) is 0 Å². The molecule has 0 aliphatic rings. The largest absolute Gasteiger partial charge is 0.387 e. The number of rotatable bonds is 2. The molecular weight excluding hydrogens is 205 g/mol. The summed E-state index contributed by atoms with van der Waals surface area (Å²) in [4.78, 5) is 0. The first kappa shape index (κ1) is 11.4. The Balaban J connectivity index is 3.15. The number of hydrogen-bond acceptors (Lipinski definition) is 2. The van der Waals surface area contributed by atoms with E-state index in [1.807, 2.05) is 0 Å². The number of nitrogens with two attached hydrogens (primary N) is 1. The lowest BCUT2D eigenvalue weighted by Crippen LogP contribution is -2.25. The summed E-state index contributed by atoms with van der Waals surface area (Å²) in [6.45, 7) is 3.31. The Morgan fingerprint density at radius 1 is 1.50 bits per heavy atom. The standard InChI is InChI=1S/C10H13ClFNO/c1-5-3-9(12)7(4-8(5)11)10(14)6(2)13/h3-4,6,10,14H,13H2,1-2H3. The summed E-state index contributed by atoms with van der Waals surface area (Å²) in [7, 11) is 0. The molecular formula is C10H13ClFNO. The van der Waals surface area contributed by atoms with E-state index in [0.29, 0.717) is 10.6 Å². The third-order valence-electron chi connectivity index (χ3n) is 2.09. The molecule has 0 radical (unpaired) electrons. The van der Waals surface area contributed by atoms with Crippen LogP contribution in [-0.4, -0.2) is 11.1 Å². The normalized spacial score (nSPS) is 15.3. The average molecular weight is 218 g/mol. The Morgan fingerprint density at radius 3 is 2.57 bits per heavy atom. The fourth-order valence-corrected chi connectivity index (χ4v) is 1.34. The van der Waals surface area contributed by atoms with E-state index in [0.717, 1.165) is 0 Å². The zero-order valence-electron chi connectivity index (χ0n) is 8.09. The van der Waals surface area contributed by atoms with E-state index in [4.69, 9.17) is 17.3 Å². The lowest BCUT2D eigenvalue weighted by Gasteiger charge is -2.16. The highest BCUT2D eigenvalue weighted by Gasteiger charge is 2.17. The van der Waals surface area contributed by atoms with Crippen LogP contribution in [-0.2, 0) is 0 Å². The Kier molecular flexibility index (Phi) is 3.48. The van der Waals surface area contributed by atoms with Gasteiger partial charge in [-0.3, -0.25) is 0 Å². The SMILES string of the molecule is Cc1cc(F)c(C(O)C(C)N)cc1Cl. The van der Waals surface area contributed by atoms with Crippen molar-refractivity contribution < 1.29 is 9.50 Å². The summed E-state index contributed by atoms with van der Waals surface area (Å²) in [6, 6.07) is 2.19. The highest BCUT2D eigenvalue weighted by Crippen LogP contribution is 2.25. The summed E-state index contributed by atoms with van der Waals surface area (Å²) in [5, 5.41) is 10.0. The molecule has 0 bridgehead atoms. The van der Waals surface area contributed by atoms with Gasteiger partial charge in [0.25, 0.3) is 0 Å². The molecule has 0 saturated carbocycles. The second-order valence-corrected chi connectivity index (χ2v) is 3.83. The summed E-state index contributed by atoms with van der Waals surface area (Å²) >= 11 is 5.82.